The smallest absolute Gasteiger partial charge is 0.308 e. The third-order valence-corrected chi connectivity index (χ3v) is 7.67. The predicted molar refractivity (Wildman–Crippen MR) is 147 cm³/mol. The summed E-state index contributed by atoms with van der Waals surface area (Å²) in [6.45, 7) is 1.70. The molecular weight excluding hydrogens is 530 g/mol. The van der Waals surface area contributed by atoms with Crippen LogP contribution in [0.2, 0.25) is 5.02 Å². The molecule has 0 fully saturated rings. The number of rotatable bonds is 8. The van der Waals surface area contributed by atoms with Crippen LogP contribution in [0.3, 0.4) is 0 Å². The van der Waals surface area contributed by atoms with Gasteiger partial charge in [-0.05, 0) is 61.5 Å². The number of amides is 1. The summed E-state index contributed by atoms with van der Waals surface area (Å²) in [7, 11) is 0. The largest absolute Gasteiger partial charge is 0.325 e. The fourth-order valence-corrected chi connectivity index (χ4v) is 5.64. The first-order valence-corrected chi connectivity index (χ1v) is 13.4. The second-order valence-corrected chi connectivity index (χ2v) is 10.5. The van der Waals surface area contributed by atoms with Gasteiger partial charge in [-0.15, -0.1) is 10.2 Å². The van der Waals surface area contributed by atoms with Gasteiger partial charge in [-0.1, -0.05) is 52.9 Å². The number of nitrogens with one attached hydrogen (secondary N) is 1. The topological polar surface area (TPSA) is 98.9 Å². The predicted octanol–water partition coefficient (Wildman–Crippen LogP) is 5.28. The maximum absolute atomic E-state index is 12.7. The van der Waals surface area contributed by atoms with Crippen molar-refractivity contribution in [3.8, 4) is 5.69 Å². The number of halogens is 1. The second kappa shape index (κ2) is 10.7. The lowest BCUT2D eigenvalue weighted by atomic mass is 10.1. The zero-order valence-corrected chi connectivity index (χ0v) is 21.9. The minimum absolute atomic E-state index is 0.0395. The average Bonchev–Trinajstić information content (AvgIpc) is 3.43. The van der Waals surface area contributed by atoms with Gasteiger partial charge in [0.25, 0.3) is 0 Å². The summed E-state index contributed by atoms with van der Waals surface area (Å²) in [5.41, 5.74) is 2.72. The highest BCUT2D eigenvalue weighted by molar-refractivity contribution is 7.99. The van der Waals surface area contributed by atoms with Crippen molar-refractivity contribution in [1.29, 1.82) is 0 Å². The van der Waals surface area contributed by atoms with Gasteiger partial charge in [0, 0.05) is 16.3 Å². The van der Waals surface area contributed by atoms with Crippen LogP contribution in [0.15, 0.2) is 82.7 Å². The van der Waals surface area contributed by atoms with Gasteiger partial charge >= 0.3 is 4.87 Å². The molecule has 5 aromatic rings. The third-order valence-electron chi connectivity index (χ3n) is 5.55. The van der Waals surface area contributed by atoms with Crippen LogP contribution in [0.1, 0.15) is 23.1 Å². The fraction of sp³-hybridized carbons (Fsp3) is 0.115. The summed E-state index contributed by atoms with van der Waals surface area (Å²) < 4.78 is 4.37. The molecule has 2 heterocycles. The molecule has 0 aliphatic rings. The Morgan fingerprint density at radius 1 is 1.03 bits per heavy atom. The van der Waals surface area contributed by atoms with E-state index in [1.165, 1.54) is 30.0 Å². The van der Waals surface area contributed by atoms with Crippen molar-refractivity contribution < 1.29 is 9.59 Å². The monoisotopic (exact) mass is 549 g/mol. The van der Waals surface area contributed by atoms with Crippen LogP contribution in [-0.4, -0.2) is 36.8 Å². The molecule has 2 aromatic heterocycles. The first-order chi connectivity index (χ1) is 17.9. The van der Waals surface area contributed by atoms with Crippen molar-refractivity contribution in [2.45, 2.75) is 18.6 Å². The van der Waals surface area contributed by atoms with Crippen LogP contribution in [0.25, 0.3) is 15.9 Å². The molecule has 0 radical (unpaired) electrons. The van der Waals surface area contributed by atoms with Crippen molar-refractivity contribution in [3.63, 3.8) is 0 Å². The summed E-state index contributed by atoms with van der Waals surface area (Å²) >= 11 is 8.66. The van der Waals surface area contributed by atoms with E-state index >= 15 is 0 Å². The molecule has 0 aliphatic carbocycles. The van der Waals surface area contributed by atoms with Crippen molar-refractivity contribution in [2.75, 3.05) is 11.1 Å². The van der Waals surface area contributed by atoms with E-state index in [4.69, 9.17) is 11.6 Å². The molecule has 1 N–H and O–H groups in total. The van der Waals surface area contributed by atoms with E-state index in [-0.39, 0.29) is 28.9 Å². The van der Waals surface area contributed by atoms with Crippen LogP contribution < -0.4 is 10.2 Å². The van der Waals surface area contributed by atoms with Gasteiger partial charge in [-0.3, -0.25) is 23.5 Å². The number of thioether (sulfide) groups is 1. The number of para-hydroxylation sites is 1. The molecule has 0 aliphatic heterocycles. The van der Waals surface area contributed by atoms with Gasteiger partial charge in [-0.25, -0.2) is 0 Å². The summed E-state index contributed by atoms with van der Waals surface area (Å²) in [5, 5.41) is 12.5. The van der Waals surface area contributed by atoms with E-state index in [2.05, 4.69) is 15.5 Å². The highest BCUT2D eigenvalue weighted by Crippen LogP contribution is 2.26. The zero-order chi connectivity index (χ0) is 25.9. The number of carbonyl (C=O) groups excluding carboxylic acids is 2. The summed E-state index contributed by atoms with van der Waals surface area (Å²) in [4.78, 5) is 36.7. The number of carbonyl (C=O) groups is 2. The molecule has 0 bridgehead atoms. The van der Waals surface area contributed by atoms with Gasteiger partial charge in [0.2, 0.25) is 5.91 Å². The quantitative estimate of drug-likeness (QED) is 0.209. The SMILES string of the molecule is CC(=O)c1ccc(NC(=O)CSc2nnc(Cn3c(=O)sc4ccccc43)n2-c2cccc(Cl)c2)cc1. The number of hydrogen-bond donors (Lipinski definition) is 1. The number of anilines is 1. The Morgan fingerprint density at radius 3 is 2.57 bits per heavy atom. The van der Waals surface area contributed by atoms with E-state index in [1.807, 2.05) is 41.0 Å². The molecule has 0 spiro atoms. The Morgan fingerprint density at radius 2 is 1.81 bits per heavy atom. The number of thiazole rings is 1. The Bertz CT molecular complexity index is 1670. The molecular formula is C26H20ClN5O3S2. The van der Waals surface area contributed by atoms with E-state index in [9.17, 15) is 14.4 Å². The lowest BCUT2D eigenvalue weighted by Crippen LogP contribution is -2.17. The van der Waals surface area contributed by atoms with E-state index in [1.54, 1.807) is 41.0 Å². The highest BCUT2D eigenvalue weighted by Gasteiger charge is 2.19. The minimum Gasteiger partial charge on any atom is -0.325 e. The van der Waals surface area contributed by atoms with Crippen LogP contribution in [-0.2, 0) is 11.3 Å². The zero-order valence-electron chi connectivity index (χ0n) is 19.6. The van der Waals surface area contributed by atoms with Crippen LogP contribution in [0.5, 0.6) is 0 Å². The molecule has 11 heteroatoms. The molecule has 8 nitrogen and oxygen atoms in total. The Kier molecular flexibility index (Phi) is 7.22. The molecule has 37 heavy (non-hydrogen) atoms. The first kappa shape index (κ1) is 24.9. The van der Waals surface area contributed by atoms with Crippen molar-refractivity contribution >= 4 is 62.3 Å². The Hall–Kier alpha value is -3.73. The molecule has 186 valence electrons. The lowest BCUT2D eigenvalue weighted by Gasteiger charge is -2.11. The van der Waals surface area contributed by atoms with E-state index in [0.717, 1.165) is 15.9 Å². The van der Waals surface area contributed by atoms with Gasteiger partial charge in [-0.2, -0.15) is 0 Å². The van der Waals surface area contributed by atoms with Crippen LogP contribution in [0.4, 0.5) is 5.69 Å². The molecule has 3 aromatic carbocycles. The number of Topliss-reactive ketones (excluding diaryl/α,β-unsaturated/α-hetero) is 1. The number of nitrogens with zero attached hydrogens (tertiary/aromatic N) is 4. The molecule has 5 rings (SSSR count). The Labute approximate surface area is 224 Å². The van der Waals surface area contributed by atoms with Crippen LogP contribution in [0, 0.1) is 0 Å². The van der Waals surface area contributed by atoms with Gasteiger partial charge in [0.15, 0.2) is 16.8 Å². The fourth-order valence-electron chi connectivity index (χ4n) is 3.79. The van der Waals surface area contributed by atoms with Crippen LogP contribution >= 0.6 is 34.7 Å². The van der Waals surface area contributed by atoms with E-state index in [0.29, 0.717) is 27.3 Å². The summed E-state index contributed by atoms with van der Waals surface area (Å²) in [6.07, 6.45) is 0. The number of ketones is 1. The normalized spacial score (nSPS) is 11.1. The van der Waals surface area contributed by atoms with Crippen molar-refractivity contribution in [1.82, 2.24) is 19.3 Å². The maximum atomic E-state index is 12.7. The molecule has 0 unspecified atom stereocenters. The second-order valence-electron chi connectivity index (χ2n) is 8.11. The number of hydrogen-bond acceptors (Lipinski definition) is 7. The minimum atomic E-state index is -0.234. The van der Waals surface area contributed by atoms with Crippen molar-refractivity contribution in [2.24, 2.45) is 0 Å². The standard InChI is InChI=1S/C26H20ClN5O3S2/c1-16(33)17-9-11-19(12-10-17)28-24(34)15-36-25-30-29-23(32(25)20-6-4-5-18(27)13-20)14-31-21-7-2-3-8-22(21)37-26(31)35/h2-13H,14-15H2,1H3,(H,28,34). The molecule has 0 saturated heterocycles. The maximum Gasteiger partial charge on any atom is 0.308 e. The average molecular weight is 550 g/mol. The molecule has 0 atom stereocenters. The summed E-state index contributed by atoms with van der Waals surface area (Å²) in [5.74, 6) is 0.342. The molecule has 1 amide bonds. The third kappa shape index (κ3) is 5.51. The van der Waals surface area contributed by atoms with Gasteiger partial charge in [0.1, 0.15) is 0 Å². The number of fused-ring (bicyclic) bond motifs is 1. The number of aromatic nitrogens is 4. The first-order valence-electron chi connectivity index (χ1n) is 11.2. The molecule has 0 saturated carbocycles. The lowest BCUT2D eigenvalue weighted by molar-refractivity contribution is -0.113. The van der Waals surface area contributed by atoms with Gasteiger partial charge in [0.05, 0.1) is 28.2 Å². The Balaban J connectivity index is 1.40. The number of benzene rings is 3. The van der Waals surface area contributed by atoms with Crippen molar-refractivity contribution in [3.05, 3.63) is 98.9 Å². The van der Waals surface area contributed by atoms with Gasteiger partial charge < -0.3 is 5.32 Å². The van der Waals surface area contributed by atoms with E-state index < -0.39 is 0 Å². The highest BCUT2D eigenvalue weighted by atomic mass is 35.5. The summed E-state index contributed by atoms with van der Waals surface area (Å²) in [6, 6.07) is 21.6.